The minimum atomic E-state index is -0.444. The van der Waals surface area contributed by atoms with Crippen LogP contribution >= 0.6 is 23.5 Å². The molecule has 8 heteroatoms. The molecule has 0 saturated carbocycles. The number of furan rings is 1. The molecular weight excluding hydrogens is 360 g/mol. The zero-order valence-electron chi connectivity index (χ0n) is 13.6. The number of amides is 2. The molecule has 1 aliphatic heterocycles. The lowest BCUT2D eigenvalue weighted by Gasteiger charge is -2.11. The summed E-state index contributed by atoms with van der Waals surface area (Å²) in [6.45, 7) is 1.49. The minimum absolute atomic E-state index is 0.184. The van der Waals surface area contributed by atoms with Crippen LogP contribution in [0.1, 0.15) is 26.3 Å². The quantitative estimate of drug-likeness (QED) is 0.779. The molecule has 3 rings (SSSR count). The number of thioether (sulfide) groups is 2. The second kappa shape index (κ2) is 8.35. The summed E-state index contributed by atoms with van der Waals surface area (Å²) < 4.78 is 11.0. The molecule has 2 N–H and O–H groups in total. The lowest BCUT2D eigenvalue weighted by atomic mass is 10.2. The molecule has 6 nitrogen and oxygen atoms in total. The molecule has 1 fully saturated rings. The van der Waals surface area contributed by atoms with E-state index in [1.807, 2.05) is 47.8 Å². The van der Waals surface area contributed by atoms with Gasteiger partial charge in [0.15, 0.2) is 6.61 Å². The third-order valence-electron chi connectivity index (χ3n) is 3.56. The first-order chi connectivity index (χ1) is 12.1. The molecule has 0 atom stereocenters. The number of rotatable bonds is 5. The van der Waals surface area contributed by atoms with E-state index < -0.39 is 11.8 Å². The summed E-state index contributed by atoms with van der Waals surface area (Å²) >= 11 is 3.88. The van der Waals surface area contributed by atoms with Gasteiger partial charge in [-0.3, -0.25) is 20.4 Å². The van der Waals surface area contributed by atoms with Crippen LogP contribution in [0.5, 0.6) is 5.75 Å². The van der Waals surface area contributed by atoms with Crippen LogP contribution in [0.4, 0.5) is 0 Å². The maximum Gasteiger partial charge on any atom is 0.276 e. The van der Waals surface area contributed by atoms with Gasteiger partial charge in [0.1, 0.15) is 11.5 Å². The van der Waals surface area contributed by atoms with Crippen molar-refractivity contribution < 1.29 is 18.7 Å². The summed E-state index contributed by atoms with van der Waals surface area (Å²) in [5.74, 6) is 2.58. The van der Waals surface area contributed by atoms with Gasteiger partial charge in [0.25, 0.3) is 11.8 Å². The van der Waals surface area contributed by atoms with Gasteiger partial charge in [-0.25, -0.2) is 0 Å². The lowest BCUT2D eigenvalue weighted by molar-refractivity contribution is -0.123. The Morgan fingerprint density at radius 2 is 1.88 bits per heavy atom. The molecule has 132 valence electrons. The average Bonchev–Trinajstić information content (AvgIpc) is 3.30. The Bertz CT molecular complexity index is 739. The number of nitrogens with one attached hydrogen (secondary N) is 2. The van der Waals surface area contributed by atoms with E-state index in [9.17, 15) is 9.59 Å². The highest BCUT2D eigenvalue weighted by atomic mass is 32.2. The van der Waals surface area contributed by atoms with E-state index in [1.165, 1.54) is 29.4 Å². The number of hydrogen-bond donors (Lipinski definition) is 2. The van der Waals surface area contributed by atoms with Gasteiger partial charge in [0.05, 0.1) is 16.4 Å². The fourth-order valence-electron chi connectivity index (χ4n) is 2.27. The van der Waals surface area contributed by atoms with Crippen LogP contribution in [-0.4, -0.2) is 29.9 Å². The molecule has 2 heterocycles. The molecule has 1 saturated heterocycles. The monoisotopic (exact) mass is 378 g/mol. The van der Waals surface area contributed by atoms with Crippen LogP contribution < -0.4 is 15.6 Å². The summed E-state index contributed by atoms with van der Waals surface area (Å²) in [6.07, 6.45) is 1.42. The van der Waals surface area contributed by atoms with Gasteiger partial charge >= 0.3 is 0 Å². The Kier molecular flexibility index (Phi) is 5.93. The first kappa shape index (κ1) is 17.8. The van der Waals surface area contributed by atoms with E-state index in [4.69, 9.17) is 9.15 Å². The third-order valence-corrected chi connectivity index (χ3v) is 6.67. The van der Waals surface area contributed by atoms with E-state index >= 15 is 0 Å². The first-order valence-electron chi connectivity index (χ1n) is 7.73. The number of carbonyl (C=O) groups excluding carboxylic acids is 2. The number of hydrogen-bond acceptors (Lipinski definition) is 6. The van der Waals surface area contributed by atoms with Crippen molar-refractivity contribution >= 4 is 35.3 Å². The average molecular weight is 378 g/mol. The second-order valence-corrected chi connectivity index (χ2v) is 8.05. The topological polar surface area (TPSA) is 80.6 Å². The van der Waals surface area contributed by atoms with Gasteiger partial charge in [-0.15, -0.1) is 23.5 Å². The van der Waals surface area contributed by atoms with Gasteiger partial charge in [-0.2, -0.15) is 0 Å². The van der Waals surface area contributed by atoms with Crippen molar-refractivity contribution in [2.45, 2.75) is 11.5 Å². The number of aryl methyl sites for hydroxylation is 1. The molecule has 2 amide bonds. The molecule has 1 aromatic heterocycles. The van der Waals surface area contributed by atoms with Crippen molar-refractivity contribution in [2.24, 2.45) is 0 Å². The number of hydrazine groups is 1. The minimum Gasteiger partial charge on any atom is -0.484 e. The number of carbonyl (C=O) groups is 2. The van der Waals surface area contributed by atoms with Gasteiger partial charge < -0.3 is 9.15 Å². The van der Waals surface area contributed by atoms with Gasteiger partial charge in [-0.05, 0) is 30.7 Å². The maximum absolute atomic E-state index is 11.8. The highest BCUT2D eigenvalue weighted by Gasteiger charge is 2.18. The van der Waals surface area contributed by atoms with Crippen LogP contribution in [0.25, 0.3) is 0 Å². The van der Waals surface area contributed by atoms with E-state index in [-0.39, 0.29) is 6.61 Å². The van der Waals surface area contributed by atoms with Crippen molar-refractivity contribution in [2.75, 3.05) is 18.1 Å². The van der Waals surface area contributed by atoms with Crippen molar-refractivity contribution in [3.05, 3.63) is 53.5 Å². The molecular formula is C17H18N2O4S2. The molecule has 25 heavy (non-hydrogen) atoms. The van der Waals surface area contributed by atoms with Crippen molar-refractivity contribution in [3.8, 4) is 5.75 Å². The van der Waals surface area contributed by atoms with Crippen LogP contribution in [0.15, 0.2) is 41.0 Å². The zero-order valence-corrected chi connectivity index (χ0v) is 15.2. The molecule has 1 aliphatic rings. The Morgan fingerprint density at radius 1 is 1.16 bits per heavy atom. The normalized spacial score (nSPS) is 14.3. The maximum atomic E-state index is 11.8. The van der Waals surface area contributed by atoms with Crippen molar-refractivity contribution in [3.63, 3.8) is 0 Å². The fourth-order valence-corrected chi connectivity index (χ4v) is 5.13. The summed E-state index contributed by atoms with van der Waals surface area (Å²) in [4.78, 5) is 23.6. The Balaban J connectivity index is 1.42. The molecule has 0 radical (unpaired) electrons. The summed E-state index contributed by atoms with van der Waals surface area (Å²) in [7, 11) is 0. The standard InChI is InChI=1S/C17H18N2O4S2/c1-11-14(6-7-22-11)16(21)19-18-15(20)10-23-13-4-2-12(3-5-13)17-24-8-9-25-17/h2-7,17H,8-10H2,1H3,(H,18,20)(H,19,21). The third kappa shape index (κ3) is 4.73. The predicted octanol–water partition coefficient (Wildman–Crippen LogP) is 2.91. The van der Waals surface area contributed by atoms with Crippen LogP contribution in [-0.2, 0) is 4.79 Å². The Labute approximate surface area is 154 Å². The van der Waals surface area contributed by atoms with E-state index in [0.29, 0.717) is 21.7 Å². The van der Waals surface area contributed by atoms with Crippen molar-refractivity contribution in [1.82, 2.24) is 10.9 Å². The Morgan fingerprint density at radius 3 is 2.52 bits per heavy atom. The molecule has 0 unspecified atom stereocenters. The number of benzene rings is 1. The fraction of sp³-hybridized carbons (Fsp3) is 0.294. The van der Waals surface area contributed by atoms with E-state index in [1.54, 1.807) is 6.92 Å². The van der Waals surface area contributed by atoms with Crippen LogP contribution in [0, 0.1) is 6.92 Å². The smallest absolute Gasteiger partial charge is 0.276 e. The van der Waals surface area contributed by atoms with Crippen LogP contribution in [0.3, 0.4) is 0 Å². The van der Waals surface area contributed by atoms with Gasteiger partial charge in [-0.1, -0.05) is 12.1 Å². The highest BCUT2D eigenvalue weighted by Crippen LogP contribution is 2.45. The predicted molar refractivity (Wildman–Crippen MR) is 98.6 cm³/mol. The lowest BCUT2D eigenvalue weighted by Crippen LogP contribution is -2.43. The van der Waals surface area contributed by atoms with E-state index in [0.717, 1.165) is 0 Å². The summed E-state index contributed by atoms with van der Waals surface area (Å²) in [6, 6.07) is 9.29. The second-order valence-electron chi connectivity index (χ2n) is 5.32. The molecule has 2 aromatic rings. The highest BCUT2D eigenvalue weighted by molar-refractivity contribution is 8.19. The molecule has 0 bridgehead atoms. The SMILES string of the molecule is Cc1occc1C(=O)NNC(=O)COc1ccc(C2SCCS2)cc1. The van der Waals surface area contributed by atoms with E-state index in [2.05, 4.69) is 10.9 Å². The van der Waals surface area contributed by atoms with Crippen molar-refractivity contribution in [1.29, 1.82) is 0 Å². The summed E-state index contributed by atoms with van der Waals surface area (Å²) in [5.41, 5.74) is 6.27. The number of ether oxygens (including phenoxy) is 1. The first-order valence-corrected chi connectivity index (χ1v) is 9.82. The zero-order chi connectivity index (χ0) is 17.6. The van der Waals surface area contributed by atoms with Gasteiger partial charge in [0, 0.05) is 11.5 Å². The van der Waals surface area contributed by atoms with Gasteiger partial charge in [0.2, 0.25) is 0 Å². The largest absolute Gasteiger partial charge is 0.484 e. The molecule has 0 spiro atoms. The summed E-state index contributed by atoms with van der Waals surface area (Å²) in [5, 5.41) is 0. The Hall–Kier alpha value is -2.06. The molecule has 1 aromatic carbocycles. The molecule has 0 aliphatic carbocycles. The van der Waals surface area contributed by atoms with Crippen LogP contribution in [0.2, 0.25) is 0 Å².